The van der Waals surface area contributed by atoms with Gasteiger partial charge in [0.1, 0.15) is 0 Å². The summed E-state index contributed by atoms with van der Waals surface area (Å²) in [5.41, 5.74) is 9.56. The highest BCUT2D eigenvalue weighted by atomic mass is 15.4. The smallest absolute Gasteiger partial charge is 0.0878 e. The minimum absolute atomic E-state index is 0.00625. The van der Waals surface area contributed by atoms with E-state index in [2.05, 4.69) is 154 Å². The minimum atomic E-state index is 0.00625. The van der Waals surface area contributed by atoms with Gasteiger partial charge in [-0.3, -0.25) is 16.0 Å². The second-order valence-corrected chi connectivity index (χ2v) is 13.3. The van der Waals surface area contributed by atoms with E-state index >= 15 is 0 Å². The van der Waals surface area contributed by atoms with Crippen LogP contribution < -0.4 is 16.0 Å². The molecule has 3 N–H and O–H groups in total. The first-order valence-electron chi connectivity index (χ1n) is 14.3. The van der Waals surface area contributed by atoms with Crippen LogP contribution in [0.1, 0.15) is 93.3 Å². The molecule has 3 aromatic carbocycles. The van der Waals surface area contributed by atoms with Crippen LogP contribution in [0.25, 0.3) is 0 Å². The van der Waals surface area contributed by atoms with Crippen molar-refractivity contribution in [1.29, 1.82) is 0 Å². The van der Waals surface area contributed by atoms with Crippen molar-refractivity contribution in [2.75, 3.05) is 0 Å². The van der Waals surface area contributed by atoms with Crippen molar-refractivity contribution in [3.63, 3.8) is 0 Å². The Morgan fingerprint density at radius 2 is 1.15 bits per heavy atom. The molecule has 0 amide bonds. The summed E-state index contributed by atoms with van der Waals surface area (Å²) in [7, 11) is 0. The van der Waals surface area contributed by atoms with Gasteiger partial charge in [-0.2, -0.15) is 0 Å². The molecule has 4 nitrogen and oxygen atoms in total. The molecule has 0 aliphatic carbocycles. The summed E-state index contributed by atoms with van der Waals surface area (Å²) < 4.78 is 0. The topological polar surface area (TPSA) is 39.3 Å². The molecule has 0 saturated carbocycles. The van der Waals surface area contributed by atoms with E-state index in [0.29, 0.717) is 6.04 Å². The largest absolute Gasteiger partial charge is 0.362 e. The van der Waals surface area contributed by atoms with Crippen LogP contribution in [0.5, 0.6) is 0 Å². The third-order valence-corrected chi connectivity index (χ3v) is 8.42. The van der Waals surface area contributed by atoms with Crippen LogP contribution in [0.4, 0.5) is 0 Å². The summed E-state index contributed by atoms with van der Waals surface area (Å²) in [5.74, 6) is 0. The van der Waals surface area contributed by atoms with Crippen molar-refractivity contribution < 1.29 is 0 Å². The van der Waals surface area contributed by atoms with E-state index in [1.54, 1.807) is 0 Å². The van der Waals surface area contributed by atoms with Crippen molar-refractivity contribution in [2.45, 2.75) is 83.5 Å². The van der Waals surface area contributed by atoms with Crippen LogP contribution >= 0.6 is 0 Å². The van der Waals surface area contributed by atoms with E-state index in [9.17, 15) is 0 Å². The van der Waals surface area contributed by atoms with Crippen molar-refractivity contribution >= 4 is 0 Å². The average Bonchev–Trinajstić information content (AvgIpc) is 3.30. The molecule has 0 spiro atoms. The van der Waals surface area contributed by atoms with Crippen LogP contribution in [-0.4, -0.2) is 11.1 Å². The molecule has 3 aliphatic rings. The van der Waals surface area contributed by atoms with Crippen LogP contribution in [0.15, 0.2) is 96.7 Å². The average molecular weight is 519 g/mol. The summed E-state index contributed by atoms with van der Waals surface area (Å²) in [5, 5.41) is 11.6. The first-order valence-corrected chi connectivity index (χ1v) is 14.3. The molecule has 4 heteroatoms. The number of hydrogen-bond acceptors (Lipinski definition) is 4. The van der Waals surface area contributed by atoms with Crippen LogP contribution in [0.2, 0.25) is 0 Å². The summed E-state index contributed by atoms with van der Waals surface area (Å²) in [4.78, 5) is 2.46. The number of nitrogens with zero attached hydrogens (tertiary/aromatic N) is 1. The number of fused-ring (bicyclic) bond motifs is 3. The van der Waals surface area contributed by atoms with E-state index < -0.39 is 0 Å². The van der Waals surface area contributed by atoms with Crippen molar-refractivity contribution in [3.8, 4) is 0 Å². The maximum Gasteiger partial charge on any atom is 0.0878 e. The highest BCUT2D eigenvalue weighted by Crippen LogP contribution is 2.38. The van der Waals surface area contributed by atoms with E-state index in [0.717, 1.165) is 6.54 Å². The van der Waals surface area contributed by atoms with Gasteiger partial charge in [-0.1, -0.05) is 126 Å². The monoisotopic (exact) mass is 518 g/mol. The number of hydrogen-bond donors (Lipinski definition) is 3. The maximum atomic E-state index is 3.87. The van der Waals surface area contributed by atoms with E-state index in [1.807, 2.05) is 0 Å². The molecule has 1 saturated heterocycles. The highest BCUT2D eigenvalue weighted by molar-refractivity contribution is 5.43. The Labute approximate surface area is 234 Å². The van der Waals surface area contributed by atoms with Gasteiger partial charge in [-0.25, -0.2) is 0 Å². The Morgan fingerprint density at radius 3 is 1.69 bits per heavy atom. The molecule has 39 heavy (non-hydrogen) atoms. The highest BCUT2D eigenvalue weighted by Gasteiger charge is 2.34. The van der Waals surface area contributed by atoms with Gasteiger partial charge in [0.15, 0.2) is 0 Å². The lowest BCUT2D eigenvalue weighted by atomic mass is 9.86. The Balaban J connectivity index is 1.30. The standard InChI is InChI=1S/C35H42N4/c1-34(2,3)27-16-11-23(12-17-27)31-36-32(24-13-18-28(19-14-24)35(4,5)6)38-33(37-31)26-15-20-30-29-10-8-7-9-25(29)21-39(30)22-26/h7-20,22,30-33,36-38H,21H2,1-6H3. The van der Waals surface area contributed by atoms with Gasteiger partial charge in [-0.05, 0) is 49.8 Å². The minimum Gasteiger partial charge on any atom is -0.362 e. The molecule has 0 radical (unpaired) electrons. The first kappa shape index (κ1) is 26.1. The van der Waals surface area contributed by atoms with Gasteiger partial charge in [0.05, 0.1) is 24.5 Å². The van der Waals surface area contributed by atoms with Gasteiger partial charge >= 0.3 is 0 Å². The quantitative estimate of drug-likeness (QED) is 0.346. The molecule has 1 fully saturated rings. The number of rotatable bonds is 3. The zero-order valence-corrected chi connectivity index (χ0v) is 24.1. The zero-order chi connectivity index (χ0) is 27.4. The molecule has 202 valence electrons. The summed E-state index contributed by atoms with van der Waals surface area (Å²) in [6.45, 7) is 14.5. The number of nitrogens with one attached hydrogen (secondary N) is 3. The molecule has 3 aromatic rings. The van der Waals surface area contributed by atoms with E-state index in [4.69, 9.17) is 0 Å². The fraction of sp³-hybridized carbons (Fsp3) is 0.371. The second-order valence-electron chi connectivity index (χ2n) is 13.3. The summed E-state index contributed by atoms with van der Waals surface area (Å²) in [6, 6.07) is 27.3. The maximum absolute atomic E-state index is 3.87. The molecule has 0 aromatic heterocycles. The lowest BCUT2D eigenvalue weighted by molar-refractivity contribution is 0.220. The van der Waals surface area contributed by atoms with Gasteiger partial charge in [-0.15, -0.1) is 0 Å². The van der Waals surface area contributed by atoms with Gasteiger partial charge in [0, 0.05) is 12.7 Å². The SMILES string of the molecule is CC(C)(C)c1ccc(C2NC(C3=CN4Cc5ccccc5C4C=C3)NC(c3ccc(C(C)(C)C)cc3)N2)cc1. The van der Waals surface area contributed by atoms with Crippen LogP contribution in [0, 0.1) is 0 Å². The van der Waals surface area contributed by atoms with Crippen molar-refractivity contribution in [2.24, 2.45) is 0 Å². The molecule has 3 unspecified atom stereocenters. The summed E-state index contributed by atoms with van der Waals surface area (Å²) in [6.07, 6.45) is 7.04. The first-order chi connectivity index (χ1) is 18.6. The predicted octanol–water partition coefficient (Wildman–Crippen LogP) is 7.10. The normalized spacial score (nSPS) is 24.8. The molecule has 3 aliphatic heterocycles. The Morgan fingerprint density at radius 1 is 0.641 bits per heavy atom. The Kier molecular flexibility index (Phi) is 6.53. The molecular formula is C35H42N4. The Bertz CT molecular complexity index is 1320. The van der Waals surface area contributed by atoms with Gasteiger partial charge < -0.3 is 4.90 Å². The third kappa shape index (κ3) is 5.21. The fourth-order valence-corrected chi connectivity index (χ4v) is 5.96. The summed E-state index contributed by atoms with van der Waals surface area (Å²) >= 11 is 0. The van der Waals surface area contributed by atoms with Crippen LogP contribution in [-0.2, 0) is 17.4 Å². The molecule has 3 heterocycles. The van der Waals surface area contributed by atoms with E-state index in [-0.39, 0.29) is 29.3 Å². The van der Waals surface area contributed by atoms with Gasteiger partial charge in [0.2, 0.25) is 0 Å². The lowest BCUT2D eigenvalue weighted by Crippen LogP contribution is -2.59. The zero-order valence-electron chi connectivity index (χ0n) is 24.1. The molecule has 0 bridgehead atoms. The molecular weight excluding hydrogens is 476 g/mol. The fourth-order valence-electron chi connectivity index (χ4n) is 5.96. The van der Waals surface area contributed by atoms with Crippen molar-refractivity contribution in [3.05, 3.63) is 130 Å². The van der Waals surface area contributed by atoms with Crippen LogP contribution in [0.3, 0.4) is 0 Å². The Hall–Kier alpha value is -3.18. The van der Waals surface area contributed by atoms with Crippen molar-refractivity contribution in [1.82, 2.24) is 20.9 Å². The lowest BCUT2D eigenvalue weighted by Gasteiger charge is -2.41. The molecule has 6 rings (SSSR count). The second kappa shape index (κ2) is 9.78. The predicted molar refractivity (Wildman–Crippen MR) is 161 cm³/mol. The number of benzene rings is 3. The molecule has 3 atom stereocenters. The van der Waals surface area contributed by atoms with E-state index in [1.165, 1.54) is 39.0 Å². The third-order valence-electron chi connectivity index (χ3n) is 8.42. The van der Waals surface area contributed by atoms with Gasteiger partial charge in [0.25, 0.3) is 0 Å².